The Morgan fingerprint density at radius 3 is 2.50 bits per heavy atom. The van der Waals surface area contributed by atoms with Crippen LogP contribution in [0.2, 0.25) is 5.02 Å². The number of nitrogens with zero attached hydrogens (tertiary/aromatic N) is 2. The Labute approximate surface area is 169 Å². The first-order chi connectivity index (χ1) is 13.4. The molecule has 0 aliphatic carbocycles. The Hall–Kier alpha value is -2.22. The van der Waals surface area contributed by atoms with Gasteiger partial charge < -0.3 is 4.90 Å². The third kappa shape index (κ3) is 4.98. The molecule has 1 amide bonds. The largest absolute Gasteiger partial charge is 0.338 e. The molecule has 148 valence electrons. The maximum atomic E-state index is 13.1. The van der Waals surface area contributed by atoms with Crippen LogP contribution in [0.1, 0.15) is 12.0 Å². The van der Waals surface area contributed by atoms with E-state index in [9.17, 15) is 17.6 Å². The van der Waals surface area contributed by atoms with E-state index >= 15 is 0 Å². The van der Waals surface area contributed by atoms with Crippen molar-refractivity contribution >= 4 is 33.6 Å². The predicted octanol–water partition coefficient (Wildman–Crippen LogP) is 3.42. The highest BCUT2D eigenvalue weighted by molar-refractivity contribution is 7.89. The fourth-order valence-corrected chi connectivity index (χ4v) is 4.66. The SMILES string of the molecule is O=C(/C=C/c1cccc(Cl)c1)N1CCCN(S(=O)(=O)c2ccc(F)cc2)CC1. The van der Waals surface area contributed by atoms with E-state index in [0.717, 1.165) is 17.7 Å². The van der Waals surface area contributed by atoms with Gasteiger partial charge in [-0.05, 0) is 54.5 Å². The lowest BCUT2D eigenvalue weighted by atomic mass is 10.2. The first kappa shape index (κ1) is 20.5. The number of carbonyl (C=O) groups excluding carboxylic acids is 1. The standard InChI is InChI=1S/C20H20ClFN2O3S/c21-17-4-1-3-16(15-17)5-10-20(25)23-11-2-12-24(14-13-23)28(26,27)19-8-6-18(22)7-9-19/h1,3-10,15H,2,11-14H2/b10-5+. The van der Waals surface area contributed by atoms with E-state index < -0.39 is 15.8 Å². The maximum absolute atomic E-state index is 13.1. The van der Waals surface area contributed by atoms with Gasteiger partial charge in [-0.2, -0.15) is 4.31 Å². The Balaban J connectivity index is 1.65. The molecule has 1 aliphatic heterocycles. The molecule has 0 unspecified atom stereocenters. The molecular formula is C20H20ClFN2O3S. The fraction of sp³-hybridized carbons (Fsp3) is 0.250. The molecule has 2 aromatic carbocycles. The topological polar surface area (TPSA) is 57.7 Å². The van der Waals surface area contributed by atoms with Crippen molar-refractivity contribution in [2.24, 2.45) is 0 Å². The summed E-state index contributed by atoms with van der Waals surface area (Å²) < 4.78 is 39.9. The number of carbonyl (C=O) groups is 1. The number of hydrogen-bond acceptors (Lipinski definition) is 3. The summed E-state index contributed by atoms with van der Waals surface area (Å²) in [7, 11) is -3.72. The number of hydrogen-bond donors (Lipinski definition) is 0. The van der Waals surface area contributed by atoms with Gasteiger partial charge >= 0.3 is 0 Å². The lowest BCUT2D eigenvalue weighted by molar-refractivity contribution is -0.125. The van der Waals surface area contributed by atoms with E-state index in [4.69, 9.17) is 11.6 Å². The minimum Gasteiger partial charge on any atom is -0.338 e. The van der Waals surface area contributed by atoms with Gasteiger partial charge in [0.2, 0.25) is 15.9 Å². The summed E-state index contributed by atoms with van der Waals surface area (Å²) in [6, 6.07) is 11.9. The van der Waals surface area contributed by atoms with Gasteiger partial charge in [0.05, 0.1) is 4.90 Å². The van der Waals surface area contributed by atoms with E-state index in [1.165, 1.54) is 22.5 Å². The van der Waals surface area contributed by atoms with Crippen LogP contribution in [-0.2, 0) is 14.8 Å². The predicted molar refractivity (Wildman–Crippen MR) is 107 cm³/mol. The van der Waals surface area contributed by atoms with Gasteiger partial charge in [0.25, 0.3) is 0 Å². The van der Waals surface area contributed by atoms with Crippen LogP contribution in [0, 0.1) is 5.82 Å². The minimum absolute atomic E-state index is 0.0505. The second-order valence-electron chi connectivity index (χ2n) is 6.43. The number of amides is 1. The molecule has 2 aromatic rings. The van der Waals surface area contributed by atoms with Crippen LogP contribution < -0.4 is 0 Å². The zero-order chi connectivity index (χ0) is 20.1. The van der Waals surface area contributed by atoms with Crippen LogP contribution in [0.3, 0.4) is 0 Å². The van der Waals surface area contributed by atoms with Gasteiger partial charge in [0, 0.05) is 37.3 Å². The molecule has 0 aromatic heterocycles. The van der Waals surface area contributed by atoms with Gasteiger partial charge in [-0.25, -0.2) is 12.8 Å². The van der Waals surface area contributed by atoms with E-state index in [0.29, 0.717) is 31.1 Å². The normalized spacial score (nSPS) is 16.3. The third-order valence-corrected chi connectivity index (χ3v) is 6.63. The zero-order valence-corrected chi connectivity index (χ0v) is 16.7. The summed E-state index contributed by atoms with van der Waals surface area (Å²) >= 11 is 5.94. The molecule has 28 heavy (non-hydrogen) atoms. The molecule has 8 heteroatoms. The summed E-state index contributed by atoms with van der Waals surface area (Å²) in [5, 5.41) is 0.589. The van der Waals surface area contributed by atoms with Crippen molar-refractivity contribution in [1.29, 1.82) is 0 Å². The molecule has 0 bridgehead atoms. The first-order valence-corrected chi connectivity index (χ1v) is 10.7. The summed E-state index contributed by atoms with van der Waals surface area (Å²) in [5.74, 6) is -0.668. The highest BCUT2D eigenvalue weighted by Crippen LogP contribution is 2.18. The Bertz CT molecular complexity index is 977. The van der Waals surface area contributed by atoms with Gasteiger partial charge in [-0.3, -0.25) is 4.79 Å². The average molecular weight is 423 g/mol. The Morgan fingerprint density at radius 2 is 1.79 bits per heavy atom. The molecule has 1 heterocycles. The van der Waals surface area contributed by atoms with E-state index in [-0.39, 0.29) is 17.3 Å². The first-order valence-electron chi connectivity index (χ1n) is 8.84. The maximum Gasteiger partial charge on any atom is 0.246 e. The third-order valence-electron chi connectivity index (χ3n) is 4.48. The fourth-order valence-electron chi connectivity index (χ4n) is 2.99. The van der Waals surface area contributed by atoms with Crippen LogP contribution in [0.4, 0.5) is 4.39 Å². The molecular weight excluding hydrogens is 403 g/mol. The molecule has 3 rings (SSSR count). The Morgan fingerprint density at radius 1 is 1.04 bits per heavy atom. The van der Waals surface area contributed by atoms with Crippen molar-refractivity contribution in [2.75, 3.05) is 26.2 Å². The second kappa shape index (κ2) is 8.86. The molecule has 0 atom stereocenters. The van der Waals surface area contributed by atoms with Gasteiger partial charge in [0.15, 0.2) is 0 Å². The van der Waals surface area contributed by atoms with Crippen LogP contribution in [0.5, 0.6) is 0 Å². The highest BCUT2D eigenvalue weighted by atomic mass is 35.5. The van der Waals surface area contributed by atoms with Crippen molar-refractivity contribution in [3.63, 3.8) is 0 Å². The molecule has 1 fully saturated rings. The molecule has 0 N–H and O–H groups in total. The smallest absolute Gasteiger partial charge is 0.246 e. The number of rotatable bonds is 4. The van der Waals surface area contributed by atoms with E-state index in [2.05, 4.69) is 0 Å². The number of benzene rings is 2. The molecule has 0 radical (unpaired) electrons. The second-order valence-corrected chi connectivity index (χ2v) is 8.80. The van der Waals surface area contributed by atoms with Crippen LogP contribution in [0.25, 0.3) is 6.08 Å². The lowest BCUT2D eigenvalue weighted by Crippen LogP contribution is -2.36. The van der Waals surface area contributed by atoms with Crippen molar-refractivity contribution in [3.8, 4) is 0 Å². The monoisotopic (exact) mass is 422 g/mol. The molecule has 0 saturated carbocycles. The molecule has 1 saturated heterocycles. The van der Waals surface area contributed by atoms with Crippen molar-refractivity contribution in [2.45, 2.75) is 11.3 Å². The molecule has 5 nitrogen and oxygen atoms in total. The quantitative estimate of drug-likeness (QED) is 0.709. The molecule has 1 aliphatic rings. The van der Waals surface area contributed by atoms with E-state index in [1.807, 2.05) is 6.07 Å². The van der Waals surface area contributed by atoms with Gasteiger partial charge in [-0.15, -0.1) is 0 Å². The highest BCUT2D eigenvalue weighted by Gasteiger charge is 2.27. The minimum atomic E-state index is -3.72. The van der Waals surface area contributed by atoms with Crippen molar-refractivity contribution in [3.05, 3.63) is 71.0 Å². The van der Waals surface area contributed by atoms with Crippen molar-refractivity contribution < 1.29 is 17.6 Å². The van der Waals surface area contributed by atoms with Crippen LogP contribution in [-0.4, -0.2) is 49.7 Å². The Kier molecular flexibility index (Phi) is 6.49. The summed E-state index contributed by atoms with van der Waals surface area (Å²) in [6.07, 6.45) is 3.68. The van der Waals surface area contributed by atoms with Crippen LogP contribution in [0.15, 0.2) is 59.5 Å². The van der Waals surface area contributed by atoms with Crippen molar-refractivity contribution in [1.82, 2.24) is 9.21 Å². The number of sulfonamides is 1. The van der Waals surface area contributed by atoms with E-state index in [1.54, 1.807) is 29.2 Å². The molecule has 0 spiro atoms. The average Bonchev–Trinajstić information content (AvgIpc) is 2.93. The lowest BCUT2D eigenvalue weighted by Gasteiger charge is -2.21. The zero-order valence-electron chi connectivity index (χ0n) is 15.1. The number of halogens is 2. The summed E-state index contributed by atoms with van der Waals surface area (Å²) in [5.41, 5.74) is 0.816. The van der Waals surface area contributed by atoms with Crippen LogP contribution >= 0.6 is 11.6 Å². The van der Waals surface area contributed by atoms with Gasteiger partial charge in [-0.1, -0.05) is 23.7 Å². The summed E-state index contributed by atoms with van der Waals surface area (Å²) in [6.45, 7) is 1.26. The van der Waals surface area contributed by atoms with Gasteiger partial charge in [0.1, 0.15) is 5.82 Å². The summed E-state index contributed by atoms with van der Waals surface area (Å²) in [4.78, 5) is 14.1.